The van der Waals surface area contributed by atoms with Crippen LogP contribution in [0.5, 0.6) is 0 Å². The number of hydrogen-bond donors (Lipinski definition) is 2. The zero-order valence-electron chi connectivity index (χ0n) is 18.8. The lowest BCUT2D eigenvalue weighted by Gasteiger charge is -2.24. The fourth-order valence-electron chi connectivity index (χ4n) is 3.52. The molecule has 0 aliphatic rings. The van der Waals surface area contributed by atoms with E-state index in [1.807, 2.05) is 13.8 Å². The summed E-state index contributed by atoms with van der Waals surface area (Å²) >= 11 is 0. The molecule has 176 valence electrons. The number of nitrogen functional groups attached to an aromatic ring is 1. The van der Waals surface area contributed by atoms with Crippen LogP contribution in [0.3, 0.4) is 0 Å². The van der Waals surface area contributed by atoms with Gasteiger partial charge in [0, 0.05) is 25.9 Å². The summed E-state index contributed by atoms with van der Waals surface area (Å²) in [5.41, 5.74) is 5.10. The first-order chi connectivity index (χ1) is 15.9. The number of carbonyl (C=O) groups excluding carboxylic acids is 1. The summed E-state index contributed by atoms with van der Waals surface area (Å²) in [4.78, 5) is 45.6. The van der Waals surface area contributed by atoms with E-state index in [4.69, 9.17) is 10.2 Å². The third kappa shape index (κ3) is 5.39. The average Bonchev–Trinajstić information content (AvgIpc) is 3.26. The molecule has 0 atom stereocenters. The Bertz CT molecular complexity index is 1230. The van der Waals surface area contributed by atoms with Crippen LogP contribution in [-0.2, 0) is 17.8 Å². The molecule has 0 fully saturated rings. The maximum Gasteiger partial charge on any atom is 0.330 e. The van der Waals surface area contributed by atoms with Gasteiger partial charge in [-0.1, -0.05) is 32.4 Å². The highest BCUT2D eigenvalue weighted by Gasteiger charge is 2.24. The van der Waals surface area contributed by atoms with Crippen molar-refractivity contribution in [2.75, 3.05) is 17.2 Å². The van der Waals surface area contributed by atoms with Crippen molar-refractivity contribution >= 4 is 17.4 Å². The van der Waals surface area contributed by atoms with Crippen molar-refractivity contribution in [1.82, 2.24) is 14.5 Å². The largest absolute Gasteiger partial charge is 0.441 e. The Morgan fingerprint density at radius 2 is 2.00 bits per heavy atom. The summed E-state index contributed by atoms with van der Waals surface area (Å²) in [6.45, 7) is 4.44. The van der Waals surface area contributed by atoms with Gasteiger partial charge in [0.1, 0.15) is 11.6 Å². The molecule has 0 spiro atoms. The summed E-state index contributed by atoms with van der Waals surface area (Å²) in [7, 11) is 0. The summed E-state index contributed by atoms with van der Waals surface area (Å²) in [5, 5.41) is 0. The van der Waals surface area contributed by atoms with Gasteiger partial charge in [-0.15, -0.1) is 0 Å². The predicted molar refractivity (Wildman–Crippen MR) is 124 cm³/mol. The highest BCUT2D eigenvalue weighted by atomic mass is 19.1. The number of H-pyrrole nitrogens is 1. The molecule has 3 aromatic rings. The molecule has 0 unspecified atom stereocenters. The highest BCUT2D eigenvalue weighted by Crippen LogP contribution is 2.24. The molecule has 10 heteroatoms. The zero-order chi connectivity index (χ0) is 24.0. The van der Waals surface area contributed by atoms with Gasteiger partial charge in [0.05, 0.1) is 11.8 Å². The van der Waals surface area contributed by atoms with E-state index in [0.717, 1.165) is 6.42 Å². The van der Waals surface area contributed by atoms with E-state index in [-0.39, 0.29) is 54.0 Å². The number of oxazole rings is 1. The van der Waals surface area contributed by atoms with Gasteiger partial charge in [-0.05, 0) is 25.0 Å². The van der Waals surface area contributed by atoms with E-state index < -0.39 is 17.1 Å². The first kappa shape index (κ1) is 24.0. The second kappa shape index (κ2) is 10.8. The van der Waals surface area contributed by atoms with Crippen LogP contribution in [0.25, 0.3) is 11.3 Å². The number of amides is 1. The number of nitrogens with two attached hydrogens (primary N) is 1. The number of aryl methyl sites for hydroxylation is 1. The van der Waals surface area contributed by atoms with E-state index in [2.05, 4.69) is 9.97 Å². The number of aromatic amines is 1. The van der Waals surface area contributed by atoms with Gasteiger partial charge < -0.3 is 15.1 Å². The molecule has 0 saturated heterocycles. The SMILES string of the molecule is CCCCN(C(=O)CCc1ncc(-c2ccccc2F)o1)c1c(N)n(CCC)c(=O)[nH]c1=O. The minimum Gasteiger partial charge on any atom is -0.441 e. The Morgan fingerprint density at radius 1 is 1.24 bits per heavy atom. The van der Waals surface area contributed by atoms with Crippen molar-refractivity contribution in [3.8, 4) is 11.3 Å². The first-order valence-corrected chi connectivity index (χ1v) is 11.0. The molecule has 3 N–H and O–H groups in total. The van der Waals surface area contributed by atoms with E-state index in [1.54, 1.807) is 18.2 Å². The van der Waals surface area contributed by atoms with Gasteiger partial charge in [0.2, 0.25) is 5.91 Å². The van der Waals surface area contributed by atoms with Crippen molar-refractivity contribution in [1.29, 1.82) is 0 Å². The number of nitrogens with one attached hydrogen (secondary N) is 1. The number of hydrogen-bond acceptors (Lipinski definition) is 6. The van der Waals surface area contributed by atoms with Gasteiger partial charge in [-0.3, -0.25) is 19.1 Å². The number of anilines is 2. The lowest BCUT2D eigenvalue weighted by molar-refractivity contribution is -0.118. The Hall–Kier alpha value is -3.69. The molecule has 0 saturated carbocycles. The normalized spacial score (nSPS) is 11.0. The standard InChI is InChI=1S/C23H28FN5O4/c1-3-5-13-28(20-21(25)29(12-4-2)23(32)27-22(20)31)19(30)11-10-18-26-14-17(33-18)15-8-6-7-9-16(15)24/h6-9,14H,3-5,10-13,25H2,1-2H3,(H,27,31,32). The Morgan fingerprint density at radius 3 is 2.70 bits per heavy atom. The molecule has 2 aromatic heterocycles. The Labute approximate surface area is 190 Å². The molecule has 0 radical (unpaired) electrons. The Kier molecular flexibility index (Phi) is 7.81. The fraction of sp³-hybridized carbons (Fsp3) is 0.391. The molecular weight excluding hydrogens is 429 g/mol. The molecule has 0 aliphatic carbocycles. The van der Waals surface area contributed by atoms with Crippen LogP contribution < -0.4 is 21.9 Å². The van der Waals surface area contributed by atoms with Crippen molar-refractivity contribution in [3.05, 3.63) is 63.0 Å². The number of nitrogens with zero attached hydrogens (tertiary/aromatic N) is 3. The third-order valence-corrected chi connectivity index (χ3v) is 5.21. The number of rotatable bonds is 10. The molecule has 0 aliphatic heterocycles. The van der Waals surface area contributed by atoms with E-state index in [0.29, 0.717) is 19.4 Å². The molecule has 1 amide bonds. The quantitative estimate of drug-likeness (QED) is 0.482. The number of unbranched alkanes of at least 4 members (excludes halogenated alkanes) is 1. The van der Waals surface area contributed by atoms with Crippen LogP contribution in [0.1, 0.15) is 45.4 Å². The van der Waals surface area contributed by atoms with Crippen molar-refractivity contribution < 1.29 is 13.6 Å². The molecule has 33 heavy (non-hydrogen) atoms. The van der Waals surface area contributed by atoms with E-state index in [1.165, 1.54) is 21.7 Å². The predicted octanol–water partition coefficient (Wildman–Crippen LogP) is 3.09. The van der Waals surface area contributed by atoms with Crippen LogP contribution in [0, 0.1) is 5.82 Å². The van der Waals surface area contributed by atoms with E-state index in [9.17, 15) is 18.8 Å². The number of carbonyl (C=O) groups is 1. The molecule has 9 nitrogen and oxygen atoms in total. The minimum atomic E-state index is -0.702. The van der Waals surface area contributed by atoms with Crippen molar-refractivity contribution in [3.63, 3.8) is 0 Å². The molecule has 1 aromatic carbocycles. The smallest absolute Gasteiger partial charge is 0.330 e. The van der Waals surface area contributed by atoms with Crippen LogP contribution in [0.15, 0.2) is 44.5 Å². The third-order valence-electron chi connectivity index (χ3n) is 5.21. The lowest BCUT2D eigenvalue weighted by atomic mass is 10.2. The maximum absolute atomic E-state index is 14.0. The molecule has 2 heterocycles. The molecule has 3 rings (SSSR count). The minimum absolute atomic E-state index is 0.00722. The van der Waals surface area contributed by atoms with Gasteiger partial charge in [0.25, 0.3) is 5.56 Å². The summed E-state index contributed by atoms with van der Waals surface area (Å²) in [6, 6.07) is 6.18. The fourth-order valence-corrected chi connectivity index (χ4v) is 3.52. The second-order valence-corrected chi connectivity index (χ2v) is 7.64. The monoisotopic (exact) mass is 457 g/mol. The van der Waals surface area contributed by atoms with Crippen molar-refractivity contribution in [2.45, 2.75) is 52.5 Å². The molecular formula is C23H28FN5O4. The Balaban J connectivity index is 1.83. The maximum atomic E-state index is 14.0. The first-order valence-electron chi connectivity index (χ1n) is 11.0. The summed E-state index contributed by atoms with van der Waals surface area (Å²) in [6.07, 6.45) is 3.63. The highest BCUT2D eigenvalue weighted by molar-refractivity contribution is 5.95. The molecule has 0 bridgehead atoms. The van der Waals surface area contributed by atoms with Crippen molar-refractivity contribution in [2.24, 2.45) is 0 Å². The number of benzene rings is 1. The van der Waals surface area contributed by atoms with Crippen LogP contribution >= 0.6 is 0 Å². The van der Waals surface area contributed by atoms with Crippen LogP contribution in [-0.4, -0.2) is 27.0 Å². The second-order valence-electron chi connectivity index (χ2n) is 7.64. The van der Waals surface area contributed by atoms with E-state index >= 15 is 0 Å². The zero-order valence-corrected chi connectivity index (χ0v) is 18.8. The van der Waals surface area contributed by atoms with Gasteiger partial charge >= 0.3 is 5.69 Å². The van der Waals surface area contributed by atoms with Crippen LogP contribution in [0.2, 0.25) is 0 Å². The summed E-state index contributed by atoms with van der Waals surface area (Å²) in [5.74, 6) is -0.277. The van der Waals surface area contributed by atoms with Gasteiger partial charge in [-0.25, -0.2) is 14.2 Å². The summed E-state index contributed by atoms with van der Waals surface area (Å²) < 4.78 is 20.9. The number of halogens is 1. The van der Waals surface area contributed by atoms with Gasteiger partial charge in [-0.2, -0.15) is 0 Å². The topological polar surface area (TPSA) is 127 Å². The van der Waals surface area contributed by atoms with Crippen LogP contribution in [0.4, 0.5) is 15.9 Å². The average molecular weight is 458 g/mol. The van der Waals surface area contributed by atoms with Gasteiger partial charge in [0.15, 0.2) is 17.3 Å². The lowest BCUT2D eigenvalue weighted by Crippen LogP contribution is -2.41. The number of aromatic nitrogens is 3.